The number of amidine groups is 1. The molecule has 0 aliphatic carbocycles. The Morgan fingerprint density at radius 3 is 2.45 bits per heavy atom. The summed E-state index contributed by atoms with van der Waals surface area (Å²) in [5.41, 5.74) is 9.47. The predicted molar refractivity (Wildman–Crippen MR) is 85.2 cm³/mol. The first-order valence-electron chi connectivity index (χ1n) is 6.25. The molecule has 8 heteroatoms. The van der Waals surface area contributed by atoms with Crippen LogP contribution in [0.2, 0.25) is 19.6 Å². The van der Waals surface area contributed by atoms with E-state index in [2.05, 4.69) is 22.0 Å². The summed E-state index contributed by atoms with van der Waals surface area (Å²) in [6.45, 7) is 5.97. The number of nitrogens with two attached hydrogens (primary N) is 1. The van der Waals surface area contributed by atoms with E-state index in [-0.39, 0.29) is 11.3 Å². The van der Waals surface area contributed by atoms with E-state index in [9.17, 15) is 8.78 Å². The van der Waals surface area contributed by atoms with Crippen LogP contribution in [-0.2, 0) is 0 Å². The Balaban J connectivity index is 3.13. The van der Waals surface area contributed by atoms with Crippen LogP contribution < -0.4 is 11.2 Å². The first-order valence-corrected chi connectivity index (χ1v) is 9.75. The Bertz CT molecular complexity index is 733. The van der Waals surface area contributed by atoms with E-state index < -0.39 is 31.3 Å². The highest BCUT2D eigenvalue weighted by molar-refractivity contribution is 6.83. The zero-order chi connectivity index (χ0) is 16.9. The van der Waals surface area contributed by atoms with Gasteiger partial charge in [-0.25, -0.2) is 8.78 Å². The summed E-state index contributed by atoms with van der Waals surface area (Å²) < 4.78 is 27.8. The fourth-order valence-electron chi connectivity index (χ4n) is 1.25. The van der Waals surface area contributed by atoms with Crippen molar-refractivity contribution in [3.8, 4) is 17.5 Å². The molecular weight excluding hydrogens is 304 g/mol. The minimum atomic E-state index is -1.70. The van der Waals surface area contributed by atoms with Crippen molar-refractivity contribution >= 4 is 25.3 Å². The van der Waals surface area contributed by atoms with Gasteiger partial charge in [0.1, 0.15) is 14.1 Å². The number of hydrazone groups is 1. The van der Waals surface area contributed by atoms with Gasteiger partial charge in [0, 0.05) is 0 Å². The van der Waals surface area contributed by atoms with Crippen LogP contribution in [0.4, 0.5) is 14.5 Å². The molecule has 1 rings (SSSR count). The Labute approximate surface area is 128 Å². The summed E-state index contributed by atoms with van der Waals surface area (Å²) in [6.07, 6.45) is 0. The van der Waals surface area contributed by atoms with Crippen molar-refractivity contribution in [1.82, 2.24) is 0 Å². The van der Waals surface area contributed by atoms with E-state index in [4.69, 9.17) is 16.4 Å². The lowest BCUT2D eigenvalue weighted by Gasteiger charge is -2.06. The molecule has 1 aromatic carbocycles. The van der Waals surface area contributed by atoms with Crippen molar-refractivity contribution in [3.05, 3.63) is 29.3 Å². The Hall–Kier alpha value is -2.71. The van der Waals surface area contributed by atoms with Gasteiger partial charge in [0.15, 0.2) is 17.5 Å². The van der Waals surface area contributed by atoms with Gasteiger partial charge in [-0.1, -0.05) is 25.6 Å². The molecule has 0 spiro atoms. The maximum atomic E-state index is 13.9. The number of hydrogen-bond donors (Lipinski definition) is 3. The maximum absolute atomic E-state index is 13.9. The second-order valence-corrected chi connectivity index (χ2v) is 10.1. The highest BCUT2D eigenvalue weighted by Crippen LogP contribution is 2.20. The second-order valence-electron chi connectivity index (χ2n) is 5.39. The largest absolute Gasteiger partial charge is 0.382 e. The predicted octanol–water partition coefficient (Wildman–Crippen LogP) is 2.42. The fourth-order valence-corrected chi connectivity index (χ4v) is 1.76. The van der Waals surface area contributed by atoms with Gasteiger partial charge in [-0.15, -0.1) is 5.54 Å². The van der Waals surface area contributed by atoms with Crippen LogP contribution in [0, 0.1) is 39.8 Å². The van der Waals surface area contributed by atoms with E-state index in [1.807, 2.05) is 19.6 Å². The van der Waals surface area contributed by atoms with Gasteiger partial charge >= 0.3 is 0 Å². The fraction of sp³-hybridized carbons (Fsp3) is 0.214. The lowest BCUT2D eigenvalue weighted by molar-refractivity contribution is 0.509. The standard InChI is InChI=1S/C14H15F2N5Si/c1-22(2,3)7-6-9-4-5-10(13(16)12(9)15)20-21-11(8-17)14(18)19/h4-5,20H,1-3H3,(H3,18,19)/b21-11+. The maximum Gasteiger partial charge on any atom is 0.201 e. The van der Waals surface area contributed by atoms with Crippen molar-refractivity contribution in [2.24, 2.45) is 10.8 Å². The van der Waals surface area contributed by atoms with Crippen LogP contribution in [0.1, 0.15) is 5.56 Å². The summed E-state index contributed by atoms with van der Waals surface area (Å²) in [5.74, 6) is -0.184. The van der Waals surface area contributed by atoms with Gasteiger partial charge in [-0.05, 0) is 12.1 Å². The third kappa shape index (κ3) is 4.68. The number of hydrogen-bond acceptors (Lipinski definition) is 4. The van der Waals surface area contributed by atoms with E-state index in [1.54, 1.807) is 6.07 Å². The zero-order valence-corrected chi connectivity index (χ0v) is 13.4. The van der Waals surface area contributed by atoms with Crippen LogP contribution >= 0.6 is 0 Å². The van der Waals surface area contributed by atoms with Gasteiger partial charge in [0.2, 0.25) is 5.71 Å². The summed E-state index contributed by atoms with van der Waals surface area (Å²) in [4.78, 5) is 0. The Morgan fingerprint density at radius 2 is 1.95 bits per heavy atom. The van der Waals surface area contributed by atoms with E-state index >= 15 is 0 Å². The zero-order valence-electron chi connectivity index (χ0n) is 12.4. The minimum absolute atomic E-state index is 0.0403. The van der Waals surface area contributed by atoms with Gasteiger partial charge in [-0.2, -0.15) is 10.4 Å². The van der Waals surface area contributed by atoms with Crippen LogP contribution in [0.15, 0.2) is 17.2 Å². The number of nitrogens with zero attached hydrogens (tertiary/aromatic N) is 2. The normalized spacial score (nSPS) is 11.2. The van der Waals surface area contributed by atoms with Gasteiger partial charge in [0.05, 0.1) is 11.3 Å². The molecule has 0 bridgehead atoms. The molecule has 0 radical (unpaired) electrons. The second kappa shape index (κ2) is 6.83. The molecule has 0 saturated heterocycles. The smallest absolute Gasteiger partial charge is 0.201 e. The van der Waals surface area contributed by atoms with Crippen molar-refractivity contribution in [2.45, 2.75) is 19.6 Å². The van der Waals surface area contributed by atoms with Crippen LogP contribution in [-0.4, -0.2) is 19.6 Å². The minimum Gasteiger partial charge on any atom is -0.382 e. The highest BCUT2D eigenvalue weighted by Gasteiger charge is 2.14. The van der Waals surface area contributed by atoms with Crippen molar-refractivity contribution < 1.29 is 8.78 Å². The number of benzene rings is 1. The first-order chi connectivity index (χ1) is 10.2. The molecule has 0 fully saturated rings. The van der Waals surface area contributed by atoms with Crippen LogP contribution in [0.5, 0.6) is 0 Å². The Morgan fingerprint density at radius 1 is 1.32 bits per heavy atom. The molecule has 0 aliphatic heterocycles. The molecule has 22 heavy (non-hydrogen) atoms. The molecule has 0 saturated carbocycles. The monoisotopic (exact) mass is 319 g/mol. The quantitative estimate of drug-likeness (QED) is 0.262. The van der Waals surface area contributed by atoms with E-state index in [0.29, 0.717) is 0 Å². The summed E-state index contributed by atoms with van der Waals surface area (Å²) in [5, 5.41) is 19.2. The number of anilines is 1. The lowest BCUT2D eigenvalue weighted by atomic mass is 10.2. The van der Waals surface area contributed by atoms with Gasteiger partial charge in [-0.3, -0.25) is 10.8 Å². The number of nitrogens with one attached hydrogen (secondary N) is 2. The molecule has 0 atom stereocenters. The SMILES string of the molecule is C[Si](C)(C)C#Cc1ccc(N/N=C(\C#N)C(=N)N)c(F)c1F. The molecule has 0 heterocycles. The number of halogens is 2. The van der Waals surface area contributed by atoms with Gasteiger partial charge in [0.25, 0.3) is 0 Å². The topological polar surface area (TPSA) is 98.0 Å². The molecule has 1 aromatic rings. The van der Waals surface area contributed by atoms with Crippen LogP contribution in [0.3, 0.4) is 0 Å². The number of nitriles is 1. The third-order valence-corrected chi connectivity index (χ3v) is 3.18. The average Bonchev–Trinajstić information content (AvgIpc) is 2.41. The van der Waals surface area contributed by atoms with Crippen molar-refractivity contribution in [1.29, 1.82) is 10.7 Å². The van der Waals surface area contributed by atoms with Crippen molar-refractivity contribution in [3.63, 3.8) is 0 Å². The molecule has 4 N–H and O–H groups in total. The summed E-state index contributed by atoms with van der Waals surface area (Å²) in [7, 11) is -1.70. The molecular formula is C14H15F2N5Si. The first kappa shape index (κ1) is 17.3. The molecule has 0 amide bonds. The molecule has 0 aliphatic rings. The molecule has 114 valence electrons. The van der Waals surface area contributed by atoms with Gasteiger partial charge < -0.3 is 5.73 Å². The van der Waals surface area contributed by atoms with Crippen LogP contribution in [0.25, 0.3) is 0 Å². The molecule has 0 aromatic heterocycles. The van der Waals surface area contributed by atoms with E-state index in [0.717, 1.165) is 0 Å². The molecule has 5 nitrogen and oxygen atoms in total. The average molecular weight is 319 g/mol. The highest BCUT2D eigenvalue weighted by atomic mass is 28.3. The van der Waals surface area contributed by atoms with Crippen molar-refractivity contribution in [2.75, 3.05) is 5.43 Å². The Kier molecular flexibility index (Phi) is 5.38. The number of rotatable bonds is 3. The lowest BCUT2D eigenvalue weighted by Crippen LogP contribution is -2.22. The van der Waals surface area contributed by atoms with E-state index in [1.165, 1.54) is 12.1 Å². The summed E-state index contributed by atoms with van der Waals surface area (Å²) in [6, 6.07) is 4.14. The third-order valence-electron chi connectivity index (χ3n) is 2.30. The molecule has 0 unspecified atom stereocenters. The summed E-state index contributed by atoms with van der Waals surface area (Å²) >= 11 is 0.